The third-order valence-electron chi connectivity index (χ3n) is 3.54. The van der Waals surface area contributed by atoms with Crippen molar-refractivity contribution in [3.05, 3.63) is 34.3 Å². The van der Waals surface area contributed by atoms with Gasteiger partial charge < -0.3 is 15.1 Å². The fraction of sp³-hybridized carbons (Fsp3) is 0.467. The van der Waals surface area contributed by atoms with Gasteiger partial charge in [-0.05, 0) is 17.7 Å². The number of hydrogen-bond donors (Lipinski definition) is 1. The Balaban J connectivity index is 1.84. The van der Waals surface area contributed by atoms with Crippen molar-refractivity contribution in [1.82, 2.24) is 15.1 Å². The van der Waals surface area contributed by atoms with Crippen molar-refractivity contribution in [3.63, 3.8) is 0 Å². The number of likely N-dealkylation sites (N-methyl/N-ethyl adjacent to an activating group) is 1. The molecule has 1 heterocycles. The van der Waals surface area contributed by atoms with E-state index in [1.54, 1.807) is 11.9 Å². The van der Waals surface area contributed by atoms with Crippen molar-refractivity contribution in [1.29, 1.82) is 0 Å². The summed E-state index contributed by atoms with van der Waals surface area (Å²) < 4.78 is 0.987. The molecule has 0 aromatic heterocycles. The van der Waals surface area contributed by atoms with Gasteiger partial charge in [0.25, 0.3) is 0 Å². The van der Waals surface area contributed by atoms with Gasteiger partial charge in [-0.15, -0.1) is 0 Å². The van der Waals surface area contributed by atoms with Crippen molar-refractivity contribution in [2.24, 2.45) is 0 Å². The SMILES string of the molecule is CN(CC(=O)N1CCNCC1)C(=O)Cc1ccc(Br)cc1. The third kappa shape index (κ3) is 4.82. The minimum atomic E-state index is -0.0409. The molecule has 2 rings (SSSR count). The van der Waals surface area contributed by atoms with Gasteiger partial charge in [0, 0.05) is 37.7 Å². The third-order valence-corrected chi connectivity index (χ3v) is 4.07. The van der Waals surface area contributed by atoms with Crippen LogP contribution >= 0.6 is 15.9 Å². The summed E-state index contributed by atoms with van der Waals surface area (Å²) in [5.74, 6) is -0.0241. The number of rotatable bonds is 4. The molecule has 21 heavy (non-hydrogen) atoms. The summed E-state index contributed by atoms with van der Waals surface area (Å²) >= 11 is 3.37. The first-order valence-corrected chi connectivity index (χ1v) is 7.82. The lowest BCUT2D eigenvalue weighted by Crippen LogP contribution is -2.49. The molecule has 0 unspecified atom stereocenters. The van der Waals surface area contributed by atoms with Crippen LogP contribution in [0, 0.1) is 0 Å². The topological polar surface area (TPSA) is 52.7 Å². The van der Waals surface area contributed by atoms with Crippen molar-refractivity contribution in [2.45, 2.75) is 6.42 Å². The number of halogens is 1. The number of nitrogens with zero attached hydrogens (tertiary/aromatic N) is 2. The van der Waals surface area contributed by atoms with Gasteiger partial charge in [-0.1, -0.05) is 28.1 Å². The molecule has 1 fully saturated rings. The van der Waals surface area contributed by atoms with Crippen LogP contribution in [0.5, 0.6) is 0 Å². The van der Waals surface area contributed by atoms with Gasteiger partial charge in [0.05, 0.1) is 13.0 Å². The molecule has 0 spiro atoms. The van der Waals surface area contributed by atoms with Crippen LogP contribution in [-0.4, -0.2) is 61.4 Å². The summed E-state index contributed by atoms with van der Waals surface area (Å²) in [5.41, 5.74) is 0.949. The quantitative estimate of drug-likeness (QED) is 0.874. The molecule has 1 N–H and O–H groups in total. The van der Waals surface area contributed by atoms with E-state index in [1.807, 2.05) is 24.3 Å². The molecule has 5 nitrogen and oxygen atoms in total. The number of nitrogens with one attached hydrogen (secondary N) is 1. The number of benzene rings is 1. The first kappa shape index (κ1) is 16.0. The number of carbonyl (C=O) groups excluding carboxylic acids is 2. The van der Waals surface area contributed by atoms with Gasteiger partial charge >= 0.3 is 0 Å². The highest BCUT2D eigenvalue weighted by molar-refractivity contribution is 9.10. The summed E-state index contributed by atoms with van der Waals surface area (Å²) in [7, 11) is 1.68. The van der Waals surface area contributed by atoms with Crippen LogP contribution in [0.4, 0.5) is 0 Å². The lowest BCUT2D eigenvalue weighted by molar-refractivity contribution is -0.139. The van der Waals surface area contributed by atoms with E-state index in [0.717, 1.165) is 23.1 Å². The standard InChI is InChI=1S/C15H20BrN3O2/c1-18(11-15(21)19-8-6-17-7-9-19)14(20)10-12-2-4-13(16)5-3-12/h2-5,17H,6-11H2,1H3. The zero-order chi connectivity index (χ0) is 15.2. The van der Waals surface area contributed by atoms with Crippen LogP contribution in [0.2, 0.25) is 0 Å². The van der Waals surface area contributed by atoms with Crippen LogP contribution in [0.15, 0.2) is 28.7 Å². The van der Waals surface area contributed by atoms with Gasteiger partial charge in [-0.3, -0.25) is 9.59 Å². The molecule has 0 aliphatic carbocycles. The maximum atomic E-state index is 12.1. The largest absolute Gasteiger partial charge is 0.339 e. The predicted molar refractivity (Wildman–Crippen MR) is 84.9 cm³/mol. The molecule has 0 radical (unpaired) electrons. The van der Waals surface area contributed by atoms with Crippen molar-refractivity contribution in [2.75, 3.05) is 39.8 Å². The molecular formula is C15H20BrN3O2. The zero-order valence-electron chi connectivity index (χ0n) is 12.1. The lowest BCUT2D eigenvalue weighted by atomic mass is 10.1. The molecule has 1 aliphatic heterocycles. The number of hydrogen-bond acceptors (Lipinski definition) is 3. The highest BCUT2D eigenvalue weighted by Crippen LogP contribution is 2.11. The second kappa shape index (κ2) is 7.56. The molecule has 0 atom stereocenters. The van der Waals surface area contributed by atoms with Crippen LogP contribution in [0.25, 0.3) is 0 Å². The maximum absolute atomic E-state index is 12.1. The summed E-state index contributed by atoms with van der Waals surface area (Å²) in [6, 6.07) is 7.64. The molecule has 0 saturated carbocycles. The Kier molecular flexibility index (Phi) is 5.76. The first-order valence-electron chi connectivity index (χ1n) is 7.03. The van der Waals surface area contributed by atoms with E-state index in [2.05, 4.69) is 21.2 Å². The molecular weight excluding hydrogens is 334 g/mol. The van der Waals surface area contributed by atoms with Crippen molar-refractivity contribution < 1.29 is 9.59 Å². The average Bonchev–Trinajstić information content (AvgIpc) is 2.50. The van der Waals surface area contributed by atoms with Crippen LogP contribution in [-0.2, 0) is 16.0 Å². The Hall–Kier alpha value is -1.40. The minimum Gasteiger partial charge on any atom is -0.339 e. The molecule has 1 aromatic carbocycles. The van der Waals surface area contributed by atoms with Crippen LogP contribution in [0.1, 0.15) is 5.56 Å². The number of piperazine rings is 1. The Morgan fingerprint density at radius 1 is 1.24 bits per heavy atom. The van der Waals surface area contributed by atoms with Crippen molar-refractivity contribution >= 4 is 27.7 Å². The minimum absolute atomic E-state index is 0.0168. The van der Waals surface area contributed by atoms with Gasteiger partial charge in [0.1, 0.15) is 0 Å². The second-order valence-electron chi connectivity index (χ2n) is 5.18. The predicted octanol–water partition coefficient (Wildman–Crippen LogP) is 0.882. The van der Waals surface area contributed by atoms with E-state index in [1.165, 1.54) is 4.90 Å². The van der Waals surface area contributed by atoms with Gasteiger partial charge in [0.2, 0.25) is 11.8 Å². The first-order chi connectivity index (χ1) is 10.1. The molecule has 1 aromatic rings. The fourth-order valence-electron chi connectivity index (χ4n) is 2.22. The Morgan fingerprint density at radius 3 is 2.48 bits per heavy atom. The lowest BCUT2D eigenvalue weighted by Gasteiger charge is -2.29. The summed E-state index contributed by atoms with van der Waals surface area (Å²) in [4.78, 5) is 27.6. The summed E-state index contributed by atoms with van der Waals surface area (Å²) in [6.07, 6.45) is 0.318. The van der Waals surface area contributed by atoms with Gasteiger partial charge in [-0.2, -0.15) is 0 Å². The molecule has 1 saturated heterocycles. The summed E-state index contributed by atoms with van der Waals surface area (Å²) in [5, 5.41) is 3.20. The second-order valence-corrected chi connectivity index (χ2v) is 6.10. The van der Waals surface area contributed by atoms with E-state index in [4.69, 9.17) is 0 Å². The van der Waals surface area contributed by atoms with E-state index >= 15 is 0 Å². The zero-order valence-corrected chi connectivity index (χ0v) is 13.7. The number of carbonyl (C=O) groups is 2. The fourth-order valence-corrected chi connectivity index (χ4v) is 2.48. The summed E-state index contributed by atoms with van der Waals surface area (Å²) in [6.45, 7) is 3.22. The highest BCUT2D eigenvalue weighted by atomic mass is 79.9. The monoisotopic (exact) mass is 353 g/mol. The van der Waals surface area contributed by atoms with E-state index in [0.29, 0.717) is 19.5 Å². The van der Waals surface area contributed by atoms with E-state index < -0.39 is 0 Å². The highest BCUT2D eigenvalue weighted by Gasteiger charge is 2.19. The molecule has 0 bridgehead atoms. The normalized spacial score (nSPS) is 14.9. The Bertz CT molecular complexity index is 498. The number of amides is 2. The Morgan fingerprint density at radius 2 is 1.86 bits per heavy atom. The van der Waals surface area contributed by atoms with E-state index in [9.17, 15) is 9.59 Å². The molecule has 1 aliphatic rings. The Labute approximate surface area is 133 Å². The van der Waals surface area contributed by atoms with Gasteiger partial charge in [0.15, 0.2) is 0 Å². The van der Waals surface area contributed by atoms with Gasteiger partial charge in [-0.25, -0.2) is 0 Å². The smallest absolute Gasteiger partial charge is 0.242 e. The average molecular weight is 354 g/mol. The van der Waals surface area contributed by atoms with Crippen LogP contribution in [0.3, 0.4) is 0 Å². The maximum Gasteiger partial charge on any atom is 0.242 e. The van der Waals surface area contributed by atoms with Crippen molar-refractivity contribution in [3.8, 4) is 0 Å². The molecule has 2 amide bonds. The van der Waals surface area contributed by atoms with Crippen LogP contribution < -0.4 is 5.32 Å². The molecule has 6 heteroatoms. The molecule has 114 valence electrons. The van der Waals surface area contributed by atoms with E-state index in [-0.39, 0.29) is 18.4 Å².